The first-order valence-corrected chi connectivity index (χ1v) is 6.46. The van der Waals surface area contributed by atoms with Crippen molar-refractivity contribution in [1.82, 2.24) is 4.90 Å². The number of benzene rings is 1. The van der Waals surface area contributed by atoms with Crippen LogP contribution in [0.5, 0.6) is 0 Å². The van der Waals surface area contributed by atoms with Crippen LogP contribution >= 0.6 is 0 Å². The van der Waals surface area contributed by atoms with Gasteiger partial charge in [-0.3, -0.25) is 4.79 Å². The van der Waals surface area contributed by atoms with Crippen molar-refractivity contribution in [3.63, 3.8) is 0 Å². The first-order valence-electron chi connectivity index (χ1n) is 6.46. The quantitative estimate of drug-likeness (QED) is 0.893. The summed E-state index contributed by atoms with van der Waals surface area (Å²) >= 11 is 0. The molecule has 0 saturated carbocycles. The molecule has 1 saturated heterocycles. The van der Waals surface area contributed by atoms with Crippen LogP contribution in [0.4, 0.5) is 4.39 Å². The zero-order chi connectivity index (χ0) is 13.0. The van der Waals surface area contributed by atoms with E-state index in [0.29, 0.717) is 19.5 Å². The maximum atomic E-state index is 13.3. The Morgan fingerprint density at radius 1 is 1.22 bits per heavy atom. The maximum Gasteiger partial charge on any atom is 0.222 e. The first kappa shape index (κ1) is 13.0. The molecule has 0 radical (unpaired) electrons. The van der Waals surface area contributed by atoms with Gasteiger partial charge in [-0.25, -0.2) is 4.39 Å². The number of carbonyl (C=O) groups is 1. The molecule has 1 fully saturated rings. The number of hydrogen-bond acceptors (Lipinski definition) is 2. The lowest BCUT2D eigenvalue weighted by molar-refractivity contribution is -0.131. The van der Waals surface area contributed by atoms with Crippen molar-refractivity contribution in [2.75, 3.05) is 6.54 Å². The van der Waals surface area contributed by atoms with Crippen molar-refractivity contribution in [2.24, 2.45) is 5.73 Å². The molecule has 0 aromatic heterocycles. The molecule has 1 aromatic carbocycles. The van der Waals surface area contributed by atoms with Crippen molar-refractivity contribution < 1.29 is 9.18 Å². The van der Waals surface area contributed by atoms with Gasteiger partial charge in [0.1, 0.15) is 5.82 Å². The van der Waals surface area contributed by atoms with E-state index in [1.807, 2.05) is 4.90 Å². The predicted molar refractivity (Wildman–Crippen MR) is 68.2 cm³/mol. The van der Waals surface area contributed by atoms with Gasteiger partial charge >= 0.3 is 0 Å². The summed E-state index contributed by atoms with van der Waals surface area (Å²) in [4.78, 5) is 13.7. The fourth-order valence-corrected chi connectivity index (χ4v) is 2.35. The normalized spacial score (nSPS) is 16.8. The third-order valence-electron chi connectivity index (χ3n) is 3.42. The largest absolute Gasteiger partial charge is 0.338 e. The molecule has 1 aromatic rings. The lowest BCUT2D eigenvalue weighted by atomic mass is 10.1. The number of carbonyl (C=O) groups excluding carboxylic acids is 1. The third-order valence-corrected chi connectivity index (χ3v) is 3.42. The second kappa shape index (κ2) is 5.96. The highest BCUT2D eigenvalue weighted by Gasteiger charge is 2.17. The summed E-state index contributed by atoms with van der Waals surface area (Å²) in [5.41, 5.74) is 7.38. The number of nitrogens with two attached hydrogens (primary N) is 1. The lowest BCUT2D eigenvalue weighted by Gasteiger charge is -2.22. The van der Waals surface area contributed by atoms with Gasteiger partial charge in [-0.05, 0) is 36.1 Å². The molecule has 2 rings (SSSR count). The van der Waals surface area contributed by atoms with Gasteiger partial charge in [0.25, 0.3) is 0 Å². The third kappa shape index (κ3) is 3.07. The number of rotatable bonds is 3. The van der Waals surface area contributed by atoms with Crippen LogP contribution in [0, 0.1) is 5.82 Å². The van der Waals surface area contributed by atoms with Gasteiger partial charge in [0, 0.05) is 26.1 Å². The molecule has 1 amide bonds. The van der Waals surface area contributed by atoms with Crippen LogP contribution < -0.4 is 5.73 Å². The van der Waals surface area contributed by atoms with Gasteiger partial charge in [0.2, 0.25) is 5.91 Å². The molecule has 3 nitrogen and oxygen atoms in total. The van der Waals surface area contributed by atoms with Crippen LogP contribution in [0.3, 0.4) is 0 Å². The van der Waals surface area contributed by atoms with Crippen LogP contribution in [0.1, 0.15) is 36.8 Å². The average Bonchev–Trinajstić information content (AvgIpc) is 2.55. The van der Waals surface area contributed by atoms with E-state index in [4.69, 9.17) is 5.73 Å². The Morgan fingerprint density at radius 2 is 2.06 bits per heavy atom. The Labute approximate surface area is 107 Å². The van der Waals surface area contributed by atoms with Crippen LogP contribution in [0.15, 0.2) is 18.2 Å². The van der Waals surface area contributed by atoms with E-state index in [1.54, 1.807) is 6.07 Å². The van der Waals surface area contributed by atoms with Gasteiger partial charge in [-0.15, -0.1) is 0 Å². The Bertz CT molecular complexity index is 434. The van der Waals surface area contributed by atoms with Gasteiger partial charge in [-0.1, -0.05) is 12.5 Å². The molecule has 0 spiro atoms. The summed E-state index contributed by atoms with van der Waals surface area (Å²) in [6.45, 7) is 1.61. The minimum Gasteiger partial charge on any atom is -0.338 e. The van der Waals surface area contributed by atoms with Crippen LogP contribution in [-0.4, -0.2) is 17.4 Å². The molecule has 4 heteroatoms. The molecule has 0 unspecified atom stereocenters. The van der Waals surface area contributed by atoms with Crippen molar-refractivity contribution in [2.45, 2.75) is 38.8 Å². The highest BCUT2D eigenvalue weighted by atomic mass is 19.1. The second-order valence-electron chi connectivity index (χ2n) is 4.74. The average molecular weight is 250 g/mol. The Morgan fingerprint density at radius 3 is 2.83 bits per heavy atom. The number of likely N-dealkylation sites (tertiary alicyclic amines) is 1. The van der Waals surface area contributed by atoms with E-state index in [-0.39, 0.29) is 11.7 Å². The molecule has 2 N–H and O–H groups in total. The molecule has 98 valence electrons. The summed E-state index contributed by atoms with van der Waals surface area (Å²) in [6.07, 6.45) is 3.68. The van der Waals surface area contributed by atoms with Gasteiger partial charge < -0.3 is 10.6 Å². The fraction of sp³-hybridized carbons (Fsp3) is 0.500. The zero-order valence-corrected chi connectivity index (χ0v) is 10.5. The zero-order valence-electron chi connectivity index (χ0n) is 10.5. The van der Waals surface area contributed by atoms with E-state index in [2.05, 4.69) is 0 Å². The maximum absolute atomic E-state index is 13.3. The molecule has 0 aliphatic carbocycles. The molecular weight excluding hydrogens is 231 g/mol. The fourth-order valence-electron chi connectivity index (χ4n) is 2.35. The Balaban J connectivity index is 2.16. The Kier molecular flexibility index (Phi) is 4.31. The van der Waals surface area contributed by atoms with Crippen LogP contribution in [0.2, 0.25) is 0 Å². The summed E-state index contributed by atoms with van der Waals surface area (Å²) in [6, 6.07) is 4.60. The predicted octanol–water partition coefficient (Wildman–Crippen LogP) is 2.19. The monoisotopic (exact) mass is 250 g/mol. The van der Waals surface area contributed by atoms with Crippen LogP contribution in [0.25, 0.3) is 0 Å². The molecule has 18 heavy (non-hydrogen) atoms. The summed E-state index contributed by atoms with van der Waals surface area (Å²) in [5, 5.41) is 0. The van der Waals surface area contributed by atoms with E-state index >= 15 is 0 Å². The van der Waals surface area contributed by atoms with E-state index < -0.39 is 0 Å². The van der Waals surface area contributed by atoms with Crippen molar-refractivity contribution in [3.8, 4) is 0 Å². The summed E-state index contributed by atoms with van der Waals surface area (Å²) in [5.74, 6) is -0.107. The number of halogens is 1. The standard InChI is InChI=1S/C14H19FN2O/c15-13-6-5-11(9-16)12(8-13)10-17-7-3-1-2-4-14(17)18/h5-6,8H,1-4,7,9-10,16H2. The highest BCUT2D eigenvalue weighted by Crippen LogP contribution is 2.17. The minimum atomic E-state index is -0.274. The lowest BCUT2D eigenvalue weighted by Crippen LogP contribution is -2.30. The Hall–Kier alpha value is -1.42. The number of nitrogens with zero attached hydrogens (tertiary/aromatic N) is 1. The van der Waals surface area contributed by atoms with Crippen molar-refractivity contribution >= 4 is 5.91 Å². The molecule has 0 bridgehead atoms. The molecule has 1 aliphatic heterocycles. The first-order chi connectivity index (χ1) is 8.70. The highest BCUT2D eigenvalue weighted by molar-refractivity contribution is 5.76. The summed E-state index contributed by atoms with van der Waals surface area (Å²) in [7, 11) is 0. The molecular formula is C14H19FN2O. The SMILES string of the molecule is NCc1ccc(F)cc1CN1CCCCCC1=O. The van der Waals surface area contributed by atoms with Crippen LogP contribution in [-0.2, 0) is 17.9 Å². The molecule has 0 atom stereocenters. The topological polar surface area (TPSA) is 46.3 Å². The number of amides is 1. The van der Waals surface area contributed by atoms with Gasteiger partial charge in [0.05, 0.1) is 0 Å². The smallest absolute Gasteiger partial charge is 0.222 e. The van der Waals surface area contributed by atoms with Gasteiger partial charge in [-0.2, -0.15) is 0 Å². The van der Waals surface area contributed by atoms with Gasteiger partial charge in [0.15, 0.2) is 0 Å². The minimum absolute atomic E-state index is 0.166. The van der Waals surface area contributed by atoms with E-state index in [1.165, 1.54) is 12.1 Å². The van der Waals surface area contributed by atoms with E-state index in [9.17, 15) is 9.18 Å². The van der Waals surface area contributed by atoms with E-state index in [0.717, 1.165) is 36.9 Å². The molecule has 1 heterocycles. The number of hydrogen-bond donors (Lipinski definition) is 1. The van der Waals surface area contributed by atoms with Crippen molar-refractivity contribution in [1.29, 1.82) is 0 Å². The molecule has 1 aliphatic rings. The second-order valence-corrected chi connectivity index (χ2v) is 4.74. The summed E-state index contributed by atoms with van der Waals surface area (Å²) < 4.78 is 13.3. The van der Waals surface area contributed by atoms with Crippen molar-refractivity contribution in [3.05, 3.63) is 35.1 Å².